The van der Waals surface area contributed by atoms with E-state index in [-0.39, 0.29) is 0 Å². The van der Waals surface area contributed by atoms with Gasteiger partial charge in [0.1, 0.15) is 12.4 Å². The summed E-state index contributed by atoms with van der Waals surface area (Å²) in [4.78, 5) is 8.19. The van der Waals surface area contributed by atoms with Crippen molar-refractivity contribution in [3.8, 4) is 5.75 Å². The van der Waals surface area contributed by atoms with Crippen molar-refractivity contribution >= 4 is 23.2 Å². The molecule has 1 heterocycles. The highest BCUT2D eigenvalue weighted by atomic mass is 35.5. The lowest BCUT2D eigenvalue weighted by atomic mass is 10.3. The van der Waals surface area contributed by atoms with Crippen molar-refractivity contribution in [1.29, 1.82) is 0 Å². The van der Waals surface area contributed by atoms with Gasteiger partial charge in [-0.05, 0) is 25.1 Å². The molecular formula is C14H14ClN3O. The molecule has 0 amide bonds. The van der Waals surface area contributed by atoms with Crippen LogP contribution in [0.5, 0.6) is 5.75 Å². The second-order valence-electron chi connectivity index (χ2n) is 3.72. The summed E-state index contributed by atoms with van der Waals surface area (Å²) in [6, 6.07) is 7.21. The summed E-state index contributed by atoms with van der Waals surface area (Å²) in [6.07, 6.45) is 7.19. The number of hydrogen-bond donors (Lipinski definition) is 1. The van der Waals surface area contributed by atoms with Gasteiger partial charge >= 0.3 is 0 Å². The zero-order valence-electron chi connectivity index (χ0n) is 10.5. The molecule has 0 aliphatic heterocycles. The molecule has 98 valence electrons. The third-order valence-electron chi connectivity index (χ3n) is 2.32. The third kappa shape index (κ3) is 3.96. The van der Waals surface area contributed by atoms with Gasteiger partial charge in [0.15, 0.2) is 0 Å². The Morgan fingerprint density at radius 3 is 2.84 bits per heavy atom. The van der Waals surface area contributed by atoms with Gasteiger partial charge in [0.25, 0.3) is 0 Å². The molecule has 0 spiro atoms. The van der Waals surface area contributed by atoms with Gasteiger partial charge < -0.3 is 10.1 Å². The quantitative estimate of drug-likeness (QED) is 0.843. The Morgan fingerprint density at radius 2 is 2.11 bits per heavy atom. The largest absolute Gasteiger partial charge is 0.488 e. The van der Waals surface area contributed by atoms with Crippen LogP contribution in [0.1, 0.15) is 6.92 Å². The summed E-state index contributed by atoms with van der Waals surface area (Å²) in [5.74, 6) is 1.16. The maximum atomic E-state index is 6.07. The standard InChI is InChI=1S/C14H14ClN3O/c1-2-3-9-19-13-10-11(5-6-12(13)15)18-14-16-7-4-8-17-14/h2-8,10H,9H2,1H3,(H,16,17,18)/b3-2+. The van der Waals surface area contributed by atoms with Crippen molar-refractivity contribution in [3.63, 3.8) is 0 Å². The van der Waals surface area contributed by atoms with Gasteiger partial charge in [0.05, 0.1) is 5.02 Å². The molecular weight excluding hydrogens is 262 g/mol. The summed E-state index contributed by atoms with van der Waals surface area (Å²) >= 11 is 6.07. The molecule has 0 aliphatic rings. The predicted octanol–water partition coefficient (Wildman–Crippen LogP) is 3.83. The zero-order valence-corrected chi connectivity index (χ0v) is 11.3. The lowest BCUT2D eigenvalue weighted by Crippen LogP contribution is -1.98. The first-order valence-electron chi connectivity index (χ1n) is 5.87. The fraction of sp³-hybridized carbons (Fsp3) is 0.143. The van der Waals surface area contributed by atoms with E-state index in [0.717, 1.165) is 5.69 Å². The summed E-state index contributed by atoms with van der Waals surface area (Å²) < 4.78 is 5.56. The maximum absolute atomic E-state index is 6.07. The van der Waals surface area contributed by atoms with Crippen LogP contribution in [0.25, 0.3) is 0 Å². The molecule has 4 nitrogen and oxygen atoms in total. The van der Waals surface area contributed by atoms with Gasteiger partial charge in [-0.25, -0.2) is 9.97 Å². The van der Waals surface area contributed by atoms with Crippen LogP contribution >= 0.6 is 11.6 Å². The molecule has 0 fully saturated rings. The number of anilines is 2. The average Bonchev–Trinajstić information content (AvgIpc) is 2.44. The van der Waals surface area contributed by atoms with Crippen molar-refractivity contribution in [2.45, 2.75) is 6.92 Å². The number of nitrogens with zero attached hydrogens (tertiary/aromatic N) is 2. The zero-order chi connectivity index (χ0) is 13.5. The Morgan fingerprint density at radius 1 is 1.32 bits per heavy atom. The average molecular weight is 276 g/mol. The number of nitrogens with one attached hydrogen (secondary N) is 1. The minimum absolute atomic E-state index is 0.488. The summed E-state index contributed by atoms with van der Waals surface area (Å²) in [7, 11) is 0. The first-order valence-corrected chi connectivity index (χ1v) is 6.25. The fourth-order valence-corrected chi connectivity index (χ4v) is 1.59. The van der Waals surface area contributed by atoms with E-state index in [1.54, 1.807) is 24.5 Å². The van der Waals surface area contributed by atoms with Gasteiger partial charge in [-0.1, -0.05) is 23.8 Å². The lowest BCUT2D eigenvalue weighted by molar-refractivity contribution is 0.363. The second-order valence-corrected chi connectivity index (χ2v) is 4.13. The Balaban J connectivity index is 2.11. The van der Waals surface area contributed by atoms with Crippen molar-refractivity contribution in [3.05, 3.63) is 53.8 Å². The Labute approximate surface area is 117 Å². The van der Waals surface area contributed by atoms with Crippen LogP contribution in [0.15, 0.2) is 48.8 Å². The number of allylic oxidation sites excluding steroid dienone is 1. The maximum Gasteiger partial charge on any atom is 0.227 e. The van der Waals surface area contributed by atoms with E-state index in [1.807, 2.05) is 31.2 Å². The van der Waals surface area contributed by atoms with E-state index in [4.69, 9.17) is 16.3 Å². The van der Waals surface area contributed by atoms with Crippen LogP contribution in [0.3, 0.4) is 0 Å². The molecule has 1 aromatic heterocycles. The van der Waals surface area contributed by atoms with Gasteiger partial charge in [-0.2, -0.15) is 0 Å². The summed E-state index contributed by atoms with van der Waals surface area (Å²) in [5, 5.41) is 3.66. The van der Waals surface area contributed by atoms with Crippen molar-refractivity contribution < 1.29 is 4.74 Å². The fourth-order valence-electron chi connectivity index (χ4n) is 1.42. The minimum Gasteiger partial charge on any atom is -0.488 e. The lowest BCUT2D eigenvalue weighted by Gasteiger charge is -2.09. The number of rotatable bonds is 5. The molecule has 0 saturated carbocycles. The van der Waals surface area contributed by atoms with Gasteiger partial charge in [-0.15, -0.1) is 0 Å². The van der Waals surface area contributed by atoms with Crippen LogP contribution < -0.4 is 10.1 Å². The predicted molar refractivity (Wildman–Crippen MR) is 77.1 cm³/mol. The molecule has 0 aliphatic carbocycles. The van der Waals surface area contributed by atoms with Gasteiger partial charge in [-0.3, -0.25) is 0 Å². The van der Waals surface area contributed by atoms with E-state index in [1.165, 1.54) is 0 Å². The SMILES string of the molecule is C/C=C/COc1cc(Nc2ncccn2)ccc1Cl. The Bertz CT molecular complexity index is 558. The van der Waals surface area contributed by atoms with Crippen molar-refractivity contribution in [2.75, 3.05) is 11.9 Å². The van der Waals surface area contributed by atoms with Crippen LogP contribution in [-0.4, -0.2) is 16.6 Å². The van der Waals surface area contributed by atoms with E-state index >= 15 is 0 Å². The molecule has 0 bridgehead atoms. The van der Waals surface area contributed by atoms with Crippen LogP contribution in [0.4, 0.5) is 11.6 Å². The minimum atomic E-state index is 0.488. The number of benzene rings is 1. The topological polar surface area (TPSA) is 47.0 Å². The van der Waals surface area contributed by atoms with E-state index in [2.05, 4.69) is 15.3 Å². The Hall–Kier alpha value is -2.07. The molecule has 2 rings (SSSR count). The number of halogens is 1. The van der Waals surface area contributed by atoms with Gasteiger partial charge in [0, 0.05) is 24.1 Å². The first kappa shape index (κ1) is 13.4. The van der Waals surface area contributed by atoms with Crippen LogP contribution in [0.2, 0.25) is 5.02 Å². The highest BCUT2D eigenvalue weighted by Crippen LogP contribution is 2.28. The monoisotopic (exact) mass is 275 g/mol. The van der Waals surface area contributed by atoms with Crippen LogP contribution in [-0.2, 0) is 0 Å². The Kier molecular flexibility index (Phi) is 4.75. The van der Waals surface area contributed by atoms with Crippen molar-refractivity contribution in [2.24, 2.45) is 0 Å². The molecule has 1 aromatic carbocycles. The smallest absolute Gasteiger partial charge is 0.227 e. The van der Waals surface area contributed by atoms with E-state index in [0.29, 0.717) is 23.3 Å². The van der Waals surface area contributed by atoms with Gasteiger partial charge in [0.2, 0.25) is 5.95 Å². The molecule has 2 aromatic rings. The van der Waals surface area contributed by atoms with E-state index in [9.17, 15) is 0 Å². The number of aromatic nitrogens is 2. The molecule has 0 saturated heterocycles. The molecule has 19 heavy (non-hydrogen) atoms. The highest BCUT2D eigenvalue weighted by molar-refractivity contribution is 6.32. The number of hydrogen-bond acceptors (Lipinski definition) is 4. The van der Waals surface area contributed by atoms with Crippen LogP contribution in [0, 0.1) is 0 Å². The molecule has 0 unspecified atom stereocenters. The summed E-state index contributed by atoms with van der Waals surface area (Å²) in [6.45, 7) is 2.43. The third-order valence-corrected chi connectivity index (χ3v) is 2.64. The molecule has 0 atom stereocenters. The highest BCUT2D eigenvalue weighted by Gasteiger charge is 2.04. The molecule has 5 heteroatoms. The summed E-state index contributed by atoms with van der Waals surface area (Å²) in [5.41, 5.74) is 0.825. The van der Waals surface area contributed by atoms with Crippen molar-refractivity contribution in [1.82, 2.24) is 9.97 Å². The first-order chi connectivity index (χ1) is 9.29. The second kappa shape index (κ2) is 6.75. The van der Waals surface area contributed by atoms with E-state index < -0.39 is 0 Å². The number of ether oxygens (including phenoxy) is 1. The normalized spacial score (nSPS) is 10.6. The molecule has 1 N–H and O–H groups in total. The molecule has 0 radical (unpaired) electrons.